The van der Waals surface area contributed by atoms with Crippen molar-refractivity contribution in [1.82, 2.24) is 0 Å². The van der Waals surface area contributed by atoms with E-state index in [-0.39, 0.29) is 17.0 Å². The van der Waals surface area contributed by atoms with Crippen LogP contribution in [0.5, 0.6) is 5.75 Å². The van der Waals surface area contributed by atoms with Crippen LogP contribution < -0.4 is 5.73 Å². The summed E-state index contributed by atoms with van der Waals surface area (Å²) in [4.78, 5) is 11.3. The number of carbonyl (C=O) groups excluding carboxylic acids is 1. The zero-order valence-corrected chi connectivity index (χ0v) is 11.2. The fourth-order valence-corrected chi connectivity index (χ4v) is 1.95. The molecule has 0 aliphatic rings. The molecule has 110 valence electrons. The minimum absolute atomic E-state index is 0.0432. The standard InChI is InChI=1S/C15H14FNO4/c1-21-15(20)9-4-2-8(3-5-9)13(18)11-6-10(16)7-12(17)14(11)19/h2-7,13,18-19H,17H2,1H3. The molecule has 0 radical (unpaired) electrons. The van der Waals surface area contributed by atoms with Gasteiger partial charge in [0.05, 0.1) is 18.4 Å². The van der Waals surface area contributed by atoms with E-state index in [2.05, 4.69) is 4.74 Å². The van der Waals surface area contributed by atoms with Crippen LogP contribution in [0.1, 0.15) is 27.6 Å². The minimum atomic E-state index is -1.27. The number of hydrogen-bond donors (Lipinski definition) is 3. The lowest BCUT2D eigenvalue weighted by Gasteiger charge is -2.15. The van der Waals surface area contributed by atoms with Crippen LogP contribution in [0, 0.1) is 5.82 Å². The van der Waals surface area contributed by atoms with E-state index in [9.17, 15) is 19.4 Å². The third-order valence-electron chi connectivity index (χ3n) is 3.08. The molecule has 0 spiro atoms. The Bertz CT molecular complexity index is 670. The van der Waals surface area contributed by atoms with Crippen molar-refractivity contribution in [3.8, 4) is 5.75 Å². The van der Waals surface area contributed by atoms with Crippen molar-refractivity contribution < 1.29 is 24.1 Å². The number of methoxy groups -OCH3 is 1. The highest BCUT2D eigenvalue weighted by atomic mass is 19.1. The van der Waals surface area contributed by atoms with Crippen LogP contribution in [0.25, 0.3) is 0 Å². The summed E-state index contributed by atoms with van der Waals surface area (Å²) >= 11 is 0. The number of hydrogen-bond acceptors (Lipinski definition) is 5. The van der Waals surface area contributed by atoms with E-state index in [1.807, 2.05) is 0 Å². The lowest BCUT2D eigenvalue weighted by atomic mass is 9.99. The quantitative estimate of drug-likeness (QED) is 0.457. The number of anilines is 1. The van der Waals surface area contributed by atoms with Crippen LogP contribution in [0.3, 0.4) is 0 Å². The second-order valence-electron chi connectivity index (χ2n) is 4.45. The Labute approximate surface area is 120 Å². The van der Waals surface area contributed by atoms with E-state index in [1.165, 1.54) is 31.4 Å². The number of carbonyl (C=O) groups is 1. The van der Waals surface area contributed by atoms with Crippen LogP contribution >= 0.6 is 0 Å². The molecule has 0 aromatic heterocycles. The molecule has 0 saturated carbocycles. The number of phenols is 1. The third kappa shape index (κ3) is 2.95. The van der Waals surface area contributed by atoms with Crippen LogP contribution in [0.2, 0.25) is 0 Å². The molecule has 21 heavy (non-hydrogen) atoms. The monoisotopic (exact) mass is 291 g/mol. The average Bonchev–Trinajstić information content (AvgIpc) is 2.49. The van der Waals surface area contributed by atoms with E-state index in [0.29, 0.717) is 11.1 Å². The number of esters is 1. The maximum Gasteiger partial charge on any atom is 0.337 e. The van der Waals surface area contributed by atoms with Crippen LogP contribution in [0.4, 0.5) is 10.1 Å². The number of benzene rings is 2. The molecule has 0 saturated heterocycles. The van der Waals surface area contributed by atoms with Crippen molar-refractivity contribution in [3.63, 3.8) is 0 Å². The van der Waals surface area contributed by atoms with Crippen molar-refractivity contribution in [1.29, 1.82) is 0 Å². The van der Waals surface area contributed by atoms with Crippen molar-refractivity contribution in [3.05, 3.63) is 58.9 Å². The maximum atomic E-state index is 13.3. The Morgan fingerprint density at radius 3 is 2.48 bits per heavy atom. The molecule has 0 aliphatic carbocycles. The molecule has 1 atom stereocenters. The highest BCUT2D eigenvalue weighted by Crippen LogP contribution is 2.34. The fourth-order valence-electron chi connectivity index (χ4n) is 1.95. The first-order valence-electron chi connectivity index (χ1n) is 6.08. The van der Waals surface area contributed by atoms with Crippen LogP contribution in [0.15, 0.2) is 36.4 Å². The van der Waals surface area contributed by atoms with Gasteiger partial charge >= 0.3 is 5.97 Å². The number of aliphatic hydroxyl groups excluding tert-OH is 1. The summed E-state index contributed by atoms with van der Waals surface area (Å²) in [7, 11) is 1.26. The number of aromatic hydroxyl groups is 1. The average molecular weight is 291 g/mol. The lowest BCUT2D eigenvalue weighted by Crippen LogP contribution is -2.05. The summed E-state index contributed by atoms with van der Waals surface area (Å²) in [6, 6.07) is 7.86. The molecule has 0 amide bonds. The third-order valence-corrected chi connectivity index (χ3v) is 3.08. The van der Waals surface area contributed by atoms with Gasteiger partial charge < -0.3 is 20.7 Å². The van der Waals surface area contributed by atoms with Gasteiger partial charge in [-0.1, -0.05) is 12.1 Å². The first-order chi connectivity index (χ1) is 9.93. The molecule has 0 bridgehead atoms. The molecule has 0 fully saturated rings. The number of rotatable bonds is 3. The Morgan fingerprint density at radius 2 is 1.90 bits per heavy atom. The van der Waals surface area contributed by atoms with E-state index < -0.39 is 17.9 Å². The lowest BCUT2D eigenvalue weighted by molar-refractivity contribution is 0.0600. The van der Waals surface area contributed by atoms with Gasteiger partial charge in [-0.05, 0) is 23.8 Å². The molecule has 5 nitrogen and oxygen atoms in total. The summed E-state index contributed by atoms with van der Waals surface area (Å²) in [6.45, 7) is 0. The molecular formula is C15H14FNO4. The topological polar surface area (TPSA) is 92.8 Å². The highest BCUT2D eigenvalue weighted by Gasteiger charge is 2.18. The summed E-state index contributed by atoms with van der Waals surface area (Å²) in [5.41, 5.74) is 5.95. The van der Waals surface area contributed by atoms with Gasteiger partial charge in [-0.2, -0.15) is 0 Å². The zero-order chi connectivity index (χ0) is 15.6. The number of nitrogens with two attached hydrogens (primary N) is 1. The Balaban J connectivity index is 2.36. The maximum absolute atomic E-state index is 13.3. The first-order valence-corrected chi connectivity index (χ1v) is 6.08. The molecule has 4 N–H and O–H groups in total. The fraction of sp³-hybridized carbons (Fsp3) is 0.133. The largest absolute Gasteiger partial charge is 0.505 e. The number of nitrogen functional groups attached to an aromatic ring is 1. The van der Waals surface area contributed by atoms with E-state index in [0.717, 1.165) is 12.1 Å². The predicted octanol–water partition coefficient (Wildman–Crippen LogP) is 1.98. The van der Waals surface area contributed by atoms with E-state index >= 15 is 0 Å². The van der Waals surface area contributed by atoms with Crippen molar-refractivity contribution in [2.75, 3.05) is 12.8 Å². The van der Waals surface area contributed by atoms with E-state index in [4.69, 9.17) is 5.73 Å². The van der Waals surface area contributed by atoms with Crippen LogP contribution in [-0.2, 0) is 4.74 Å². The Morgan fingerprint density at radius 1 is 1.29 bits per heavy atom. The van der Waals surface area contributed by atoms with Gasteiger partial charge in [0.1, 0.15) is 17.7 Å². The van der Waals surface area contributed by atoms with Gasteiger partial charge in [0.2, 0.25) is 0 Å². The Kier molecular flexibility index (Phi) is 4.09. The predicted molar refractivity (Wildman–Crippen MR) is 74.3 cm³/mol. The number of phenolic OH excluding ortho intramolecular Hbond substituents is 1. The van der Waals surface area contributed by atoms with Gasteiger partial charge in [0.15, 0.2) is 0 Å². The van der Waals surface area contributed by atoms with Crippen molar-refractivity contribution >= 4 is 11.7 Å². The zero-order valence-electron chi connectivity index (χ0n) is 11.2. The molecule has 2 aromatic rings. The first kappa shape index (κ1) is 14.8. The van der Waals surface area contributed by atoms with Gasteiger partial charge in [-0.15, -0.1) is 0 Å². The highest BCUT2D eigenvalue weighted by molar-refractivity contribution is 5.89. The van der Waals surface area contributed by atoms with Gasteiger partial charge in [-0.3, -0.25) is 0 Å². The van der Waals surface area contributed by atoms with Crippen molar-refractivity contribution in [2.45, 2.75) is 6.10 Å². The van der Waals surface area contributed by atoms with Gasteiger partial charge in [-0.25, -0.2) is 9.18 Å². The number of aliphatic hydroxyl groups is 1. The molecule has 0 aliphatic heterocycles. The molecule has 2 rings (SSSR count). The van der Waals surface area contributed by atoms with E-state index in [1.54, 1.807) is 0 Å². The smallest absolute Gasteiger partial charge is 0.337 e. The number of ether oxygens (including phenoxy) is 1. The number of halogens is 1. The van der Waals surface area contributed by atoms with Crippen LogP contribution in [-0.4, -0.2) is 23.3 Å². The summed E-state index contributed by atoms with van der Waals surface area (Å²) in [5.74, 6) is -1.54. The SMILES string of the molecule is COC(=O)c1ccc(C(O)c2cc(F)cc(N)c2O)cc1. The summed E-state index contributed by atoms with van der Waals surface area (Å²) in [6.07, 6.45) is -1.27. The second-order valence-corrected chi connectivity index (χ2v) is 4.45. The van der Waals surface area contributed by atoms with Gasteiger partial charge in [0.25, 0.3) is 0 Å². The second kappa shape index (κ2) is 5.80. The van der Waals surface area contributed by atoms with Crippen molar-refractivity contribution in [2.24, 2.45) is 0 Å². The molecular weight excluding hydrogens is 277 g/mol. The molecule has 6 heteroatoms. The molecule has 0 heterocycles. The summed E-state index contributed by atoms with van der Waals surface area (Å²) < 4.78 is 17.9. The Hall–Kier alpha value is -2.60. The molecule has 2 aromatic carbocycles. The summed E-state index contributed by atoms with van der Waals surface area (Å²) in [5, 5.41) is 20.0. The normalized spacial score (nSPS) is 12.0. The minimum Gasteiger partial charge on any atom is -0.505 e. The van der Waals surface area contributed by atoms with Gasteiger partial charge in [0, 0.05) is 11.6 Å². The molecule has 1 unspecified atom stereocenters.